The first-order valence-electron chi connectivity index (χ1n) is 15.4. The van der Waals surface area contributed by atoms with Crippen molar-refractivity contribution in [2.45, 2.75) is 27.3 Å². The molecule has 0 aliphatic heterocycles. The van der Waals surface area contributed by atoms with Crippen LogP contribution in [-0.4, -0.2) is 94.6 Å². The Balaban J connectivity index is 1.72. The minimum atomic E-state index is -0.487. The SMILES string of the molecule is CCN(CC)CCN(C)Cc1cccc(C(=O)Nc2ccc(OCCOCCOC)cc2C(=O)N/N=C/c2ccc(C)cc2)c1. The molecule has 0 aromatic heterocycles. The normalized spacial score (nSPS) is 11.4. The first kappa shape index (κ1) is 35.4. The Morgan fingerprint density at radius 3 is 2.38 bits per heavy atom. The van der Waals surface area contributed by atoms with Crippen LogP contribution in [0.1, 0.15) is 51.3 Å². The zero-order valence-electron chi connectivity index (χ0n) is 27.2. The van der Waals surface area contributed by atoms with Crippen molar-refractivity contribution in [1.29, 1.82) is 0 Å². The number of carbonyl (C=O) groups excluding carboxylic acids is 2. The number of carbonyl (C=O) groups is 2. The number of nitrogens with zero attached hydrogens (tertiary/aromatic N) is 3. The molecule has 0 saturated heterocycles. The summed E-state index contributed by atoms with van der Waals surface area (Å²) in [5, 5.41) is 7.03. The van der Waals surface area contributed by atoms with Gasteiger partial charge in [-0.3, -0.25) is 9.59 Å². The molecule has 0 aliphatic rings. The van der Waals surface area contributed by atoms with Gasteiger partial charge < -0.3 is 29.3 Å². The van der Waals surface area contributed by atoms with Gasteiger partial charge in [0.2, 0.25) is 0 Å². The second-order valence-electron chi connectivity index (χ2n) is 10.7. The average molecular weight is 618 g/mol. The molecule has 0 fully saturated rings. The van der Waals surface area contributed by atoms with Crippen molar-refractivity contribution in [3.05, 3.63) is 94.5 Å². The van der Waals surface area contributed by atoms with Crippen molar-refractivity contribution in [2.24, 2.45) is 5.10 Å². The number of nitrogens with one attached hydrogen (secondary N) is 2. The summed E-state index contributed by atoms with van der Waals surface area (Å²) in [5.41, 5.74) is 6.64. The summed E-state index contributed by atoms with van der Waals surface area (Å²) in [6.45, 7) is 12.6. The lowest BCUT2D eigenvalue weighted by Gasteiger charge is -2.23. The Labute approximate surface area is 267 Å². The summed E-state index contributed by atoms with van der Waals surface area (Å²) in [6.07, 6.45) is 1.57. The van der Waals surface area contributed by atoms with Crippen LogP contribution in [0.2, 0.25) is 0 Å². The smallest absolute Gasteiger partial charge is 0.273 e. The number of rotatable bonds is 19. The van der Waals surface area contributed by atoms with E-state index in [9.17, 15) is 9.59 Å². The molecule has 10 nitrogen and oxygen atoms in total. The van der Waals surface area contributed by atoms with E-state index in [4.69, 9.17) is 14.2 Å². The molecule has 3 aromatic rings. The van der Waals surface area contributed by atoms with E-state index in [-0.39, 0.29) is 18.1 Å². The van der Waals surface area contributed by atoms with Crippen LogP contribution in [0.3, 0.4) is 0 Å². The van der Waals surface area contributed by atoms with Crippen LogP contribution < -0.4 is 15.5 Å². The van der Waals surface area contributed by atoms with Crippen molar-refractivity contribution < 1.29 is 23.8 Å². The van der Waals surface area contributed by atoms with E-state index < -0.39 is 5.91 Å². The molecular weight excluding hydrogens is 570 g/mol. The van der Waals surface area contributed by atoms with Gasteiger partial charge in [-0.25, -0.2) is 5.43 Å². The number of aryl methyl sites for hydroxylation is 1. The predicted octanol–water partition coefficient (Wildman–Crippen LogP) is 4.83. The first-order chi connectivity index (χ1) is 21.8. The molecular formula is C35H47N5O5. The Kier molecular flexibility index (Phi) is 15.2. The van der Waals surface area contributed by atoms with Crippen LogP contribution in [0.4, 0.5) is 5.69 Å². The third-order valence-electron chi connectivity index (χ3n) is 7.20. The maximum atomic E-state index is 13.4. The number of amides is 2. The largest absolute Gasteiger partial charge is 0.491 e. The van der Waals surface area contributed by atoms with Crippen LogP contribution in [0.25, 0.3) is 0 Å². The predicted molar refractivity (Wildman–Crippen MR) is 179 cm³/mol. The number of hydrogen-bond acceptors (Lipinski definition) is 8. The van der Waals surface area contributed by atoms with Crippen molar-refractivity contribution in [2.75, 3.05) is 72.1 Å². The van der Waals surface area contributed by atoms with Gasteiger partial charge >= 0.3 is 0 Å². The molecule has 10 heteroatoms. The summed E-state index contributed by atoms with van der Waals surface area (Å²) in [5.74, 6) is -0.343. The summed E-state index contributed by atoms with van der Waals surface area (Å²) in [4.78, 5) is 31.3. The minimum absolute atomic E-state index is 0.217. The van der Waals surface area contributed by atoms with Gasteiger partial charge in [-0.05, 0) is 68.5 Å². The maximum Gasteiger partial charge on any atom is 0.273 e. The molecule has 0 heterocycles. The molecule has 0 radical (unpaired) electrons. The highest BCUT2D eigenvalue weighted by Gasteiger charge is 2.17. The second kappa shape index (κ2) is 19.3. The quantitative estimate of drug-likeness (QED) is 0.113. The summed E-state index contributed by atoms with van der Waals surface area (Å²) >= 11 is 0. The molecule has 0 unspecified atom stereocenters. The lowest BCUT2D eigenvalue weighted by molar-refractivity contribution is 0.0544. The maximum absolute atomic E-state index is 13.4. The number of likely N-dealkylation sites (N-methyl/N-ethyl adjacent to an activating group) is 2. The van der Waals surface area contributed by atoms with Crippen molar-refractivity contribution in [1.82, 2.24) is 15.2 Å². The molecule has 45 heavy (non-hydrogen) atoms. The fraction of sp³-hybridized carbons (Fsp3) is 0.400. The molecule has 2 N–H and O–H groups in total. The third-order valence-corrected chi connectivity index (χ3v) is 7.20. The summed E-state index contributed by atoms with van der Waals surface area (Å²) in [6, 6.07) is 20.3. The average Bonchev–Trinajstić information content (AvgIpc) is 3.04. The highest BCUT2D eigenvalue weighted by Crippen LogP contribution is 2.23. The van der Waals surface area contributed by atoms with E-state index in [1.807, 2.05) is 49.4 Å². The van der Waals surface area contributed by atoms with Crippen molar-refractivity contribution in [3.63, 3.8) is 0 Å². The Morgan fingerprint density at radius 1 is 0.889 bits per heavy atom. The second-order valence-corrected chi connectivity index (χ2v) is 10.7. The molecule has 0 saturated carbocycles. The van der Waals surface area contributed by atoms with Gasteiger partial charge in [-0.2, -0.15) is 5.10 Å². The standard InChI is InChI=1S/C35H47N5O5/c1-6-40(7-2)18-17-39(4)26-29-9-8-10-30(23-29)34(41)37-33-16-15-31(45-22-21-44-20-19-43-5)24-32(33)35(42)38-36-25-28-13-11-27(3)12-14-28/h8-16,23-25H,6-7,17-22,26H2,1-5H3,(H,37,41)(H,38,42)/b36-25+. The van der Waals surface area contributed by atoms with Crippen LogP contribution in [-0.2, 0) is 16.0 Å². The lowest BCUT2D eigenvalue weighted by atomic mass is 10.1. The Morgan fingerprint density at radius 2 is 1.64 bits per heavy atom. The van der Waals surface area contributed by atoms with Crippen molar-refractivity contribution in [3.8, 4) is 5.75 Å². The number of hydrogen-bond donors (Lipinski definition) is 2. The third kappa shape index (κ3) is 12.4. The molecule has 3 aromatic carbocycles. The zero-order valence-corrected chi connectivity index (χ0v) is 27.2. The van der Waals surface area contributed by atoms with Crippen molar-refractivity contribution >= 4 is 23.7 Å². The summed E-state index contributed by atoms with van der Waals surface area (Å²) in [7, 11) is 3.69. The number of methoxy groups -OCH3 is 1. The Bertz CT molecular complexity index is 1380. The van der Waals surface area contributed by atoms with Crippen LogP contribution in [0, 0.1) is 6.92 Å². The molecule has 0 spiro atoms. The molecule has 242 valence electrons. The number of ether oxygens (including phenoxy) is 3. The fourth-order valence-corrected chi connectivity index (χ4v) is 4.50. The monoisotopic (exact) mass is 617 g/mol. The van der Waals surface area contributed by atoms with Gasteiger partial charge in [0.1, 0.15) is 12.4 Å². The minimum Gasteiger partial charge on any atom is -0.491 e. The van der Waals surface area contributed by atoms with Gasteiger partial charge in [0.05, 0.1) is 37.3 Å². The highest BCUT2D eigenvalue weighted by molar-refractivity contribution is 6.09. The lowest BCUT2D eigenvalue weighted by Crippen LogP contribution is -2.32. The van der Waals surface area contributed by atoms with E-state index in [1.54, 1.807) is 37.6 Å². The number of anilines is 1. The van der Waals surface area contributed by atoms with E-state index in [0.29, 0.717) is 36.8 Å². The molecule has 2 amide bonds. The molecule has 0 atom stereocenters. The number of hydrazone groups is 1. The van der Waals surface area contributed by atoms with Gasteiger partial charge in [0.15, 0.2) is 0 Å². The van der Waals surface area contributed by atoms with Crippen LogP contribution >= 0.6 is 0 Å². The first-order valence-corrected chi connectivity index (χ1v) is 15.4. The van der Waals surface area contributed by atoms with Gasteiger partial charge in [0.25, 0.3) is 11.8 Å². The molecule has 0 bridgehead atoms. The van der Waals surface area contributed by atoms with Crippen LogP contribution in [0.5, 0.6) is 5.75 Å². The van der Waals surface area contributed by atoms with E-state index >= 15 is 0 Å². The van der Waals surface area contributed by atoms with Gasteiger partial charge in [-0.15, -0.1) is 0 Å². The molecule has 0 aliphatic carbocycles. The van der Waals surface area contributed by atoms with E-state index in [2.05, 4.69) is 46.5 Å². The molecule has 3 rings (SSSR count). The highest BCUT2D eigenvalue weighted by atomic mass is 16.5. The summed E-state index contributed by atoms with van der Waals surface area (Å²) < 4.78 is 16.2. The number of benzene rings is 3. The topological polar surface area (TPSA) is 105 Å². The fourth-order valence-electron chi connectivity index (χ4n) is 4.50. The Hall–Kier alpha value is -4.09. The van der Waals surface area contributed by atoms with Gasteiger partial charge in [0, 0.05) is 32.3 Å². The van der Waals surface area contributed by atoms with Crippen LogP contribution in [0.15, 0.2) is 71.8 Å². The zero-order chi connectivity index (χ0) is 32.4. The van der Waals surface area contributed by atoms with Gasteiger partial charge in [-0.1, -0.05) is 55.8 Å². The van der Waals surface area contributed by atoms with E-state index in [0.717, 1.165) is 49.4 Å². The van der Waals surface area contributed by atoms with E-state index in [1.165, 1.54) is 0 Å².